The van der Waals surface area contributed by atoms with Crippen LogP contribution in [0.15, 0.2) is 30.3 Å². The van der Waals surface area contributed by atoms with Gasteiger partial charge in [-0.1, -0.05) is 30.3 Å². The highest BCUT2D eigenvalue weighted by Gasteiger charge is 2.22. The van der Waals surface area contributed by atoms with Gasteiger partial charge in [0.25, 0.3) is 0 Å². The van der Waals surface area contributed by atoms with Crippen LogP contribution in [0.4, 0.5) is 0 Å². The molecule has 0 bridgehead atoms. The molecule has 0 aliphatic carbocycles. The van der Waals surface area contributed by atoms with Crippen LogP contribution in [0.25, 0.3) is 0 Å². The van der Waals surface area contributed by atoms with E-state index in [-0.39, 0.29) is 5.91 Å². The van der Waals surface area contributed by atoms with E-state index in [0.717, 1.165) is 31.2 Å². The third-order valence-corrected chi connectivity index (χ3v) is 3.38. The number of nitrogens with one attached hydrogen (secondary N) is 1. The van der Waals surface area contributed by atoms with E-state index in [2.05, 4.69) is 5.32 Å². The summed E-state index contributed by atoms with van der Waals surface area (Å²) in [5.74, 6) is -0.856. The van der Waals surface area contributed by atoms with Crippen molar-refractivity contribution in [3.63, 3.8) is 0 Å². The number of carbonyl (C=O) groups excluding carboxylic acids is 2. The smallest absolute Gasteiger partial charge is 0.311 e. The molecule has 0 radical (unpaired) electrons. The molecule has 1 aliphatic heterocycles. The molecule has 1 heterocycles. The van der Waals surface area contributed by atoms with Crippen molar-refractivity contribution in [1.29, 1.82) is 0 Å². The predicted octanol–water partition coefficient (Wildman–Crippen LogP) is 1.36. The molecule has 0 unspecified atom stereocenters. The number of piperidine rings is 1. The van der Waals surface area contributed by atoms with Crippen molar-refractivity contribution in [2.24, 2.45) is 0 Å². The van der Waals surface area contributed by atoms with Gasteiger partial charge in [0.05, 0.1) is 0 Å². The van der Waals surface area contributed by atoms with E-state index in [1.807, 2.05) is 30.3 Å². The number of hydrogen-bond donors (Lipinski definition) is 1. The zero-order valence-corrected chi connectivity index (χ0v) is 11.1. The minimum absolute atomic E-state index is 0.382. The van der Waals surface area contributed by atoms with Crippen molar-refractivity contribution in [3.8, 4) is 0 Å². The first kappa shape index (κ1) is 13.6. The van der Waals surface area contributed by atoms with Crippen LogP contribution in [-0.2, 0) is 16.0 Å². The monoisotopic (exact) mass is 260 g/mol. The molecule has 0 aromatic heterocycles. The number of likely N-dealkylation sites (tertiary alicyclic amines) is 1. The number of benzene rings is 1. The fourth-order valence-electron chi connectivity index (χ4n) is 2.28. The normalized spacial score (nSPS) is 15.1. The molecule has 0 spiro atoms. The fourth-order valence-corrected chi connectivity index (χ4v) is 2.28. The summed E-state index contributed by atoms with van der Waals surface area (Å²) >= 11 is 0. The van der Waals surface area contributed by atoms with Crippen molar-refractivity contribution in [3.05, 3.63) is 35.9 Å². The molecular weight excluding hydrogens is 240 g/mol. The summed E-state index contributed by atoms with van der Waals surface area (Å²) in [5.41, 5.74) is 1.16. The SMILES string of the molecule is O=C(NCCc1ccccc1)C(=O)N1CCCCC1. The van der Waals surface area contributed by atoms with Gasteiger partial charge < -0.3 is 10.2 Å². The highest BCUT2D eigenvalue weighted by Crippen LogP contribution is 2.08. The maximum absolute atomic E-state index is 11.9. The van der Waals surface area contributed by atoms with Crippen molar-refractivity contribution in [1.82, 2.24) is 10.2 Å². The molecule has 2 amide bonds. The summed E-state index contributed by atoms with van der Waals surface area (Å²) in [6, 6.07) is 9.92. The van der Waals surface area contributed by atoms with Gasteiger partial charge >= 0.3 is 11.8 Å². The van der Waals surface area contributed by atoms with Crippen LogP contribution in [0.5, 0.6) is 0 Å². The molecule has 1 fully saturated rings. The number of rotatable bonds is 3. The molecule has 4 heteroatoms. The van der Waals surface area contributed by atoms with Gasteiger partial charge in [0.15, 0.2) is 0 Å². The first-order chi connectivity index (χ1) is 9.27. The molecule has 1 saturated heterocycles. The van der Waals surface area contributed by atoms with Crippen LogP contribution in [0, 0.1) is 0 Å². The van der Waals surface area contributed by atoms with Gasteiger partial charge in [-0.3, -0.25) is 9.59 Å². The lowest BCUT2D eigenvalue weighted by molar-refractivity contribution is -0.146. The number of carbonyl (C=O) groups is 2. The average molecular weight is 260 g/mol. The van der Waals surface area contributed by atoms with Crippen LogP contribution in [-0.4, -0.2) is 36.3 Å². The van der Waals surface area contributed by atoms with Gasteiger partial charge in [-0.05, 0) is 31.2 Å². The van der Waals surface area contributed by atoms with Crippen molar-refractivity contribution >= 4 is 11.8 Å². The minimum Gasteiger partial charge on any atom is -0.347 e. The summed E-state index contributed by atoms with van der Waals surface area (Å²) in [5, 5.41) is 2.70. The van der Waals surface area contributed by atoms with Crippen LogP contribution in [0.3, 0.4) is 0 Å². The Morgan fingerprint density at radius 1 is 1.05 bits per heavy atom. The molecule has 19 heavy (non-hydrogen) atoms. The molecular formula is C15H20N2O2. The Balaban J connectivity index is 1.73. The fraction of sp³-hybridized carbons (Fsp3) is 0.467. The molecule has 0 atom stereocenters. The summed E-state index contributed by atoms with van der Waals surface area (Å²) < 4.78 is 0. The predicted molar refractivity (Wildman–Crippen MR) is 73.6 cm³/mol. The number of nitrogens with zero attached hydrogens (tertiary/aromatic N) is 1. The lowest BCUT2D eigenvalue weighted by Gasteiger charge is -2.25. The molecule has 0 saturated carbocycles. The standard InChI is InChI=1S/C15H20N2O2/c18-14(15(19)17-11-5-2-6-12-17)16-10-9-13-7-3-1-4-8-13/h1,3-4,7-8H,2,5-6,9-12H2,(H,16,18). The van der Waals surface area contributed by atoms with E-state index < -0.39 is 5.91 Å². The van der Waals surface area contributed by atoms with E-state index in [4.69, 9.17) is 0 Å². The van der Waals surface area contributed by atoms with Crippen molar-refractivity contribution < 1.29 is 9.59 Å². The van der Waals surface area contributed by atoms with Crippen molar-refractivity contribution in [2.75, 3.05) is 19.6 Å². The van der Waals surface area contributed by atoms with E-state index in [1.54, 1.807) is 4.90 Å². The molecule has 1 aliphatic rings. The zero-order chi connectivity index (χ0) is 13.5. The number of amides is 2. The molecule has 1 aromatic carbocycles. The minimum atomic E-state index is -0.474. The van der Waals surface area contributed by atoms with Crippen LogP contribution >= 0.6 is 0 Å². The number of hydrogen-bond acceptors (Lipinski definition) is 2. The van der Waals surface area contributed by atoms with Crippen LogP contribution in [0.1, 0.15) is 24.8 Å². The molecule has 1 aromatic rings. The second-order valence-corrected chi connectivity index (χ2v) is 4.84. The topological polar surface area (TPSA) is 49.4 Å². The van der Waals surface area contributed by atoms with Gasteiger partial charge in [0.2, 0.25) is 0 Å². The van der Waals surface area contributed by atoms with Crippen LogP contribution in [0.2, 0.25) is 0 Å². The Hall–Kier alpha value is -1.84. The Kier molecular flexibility index (Phi) is 4.95. The maximum Gasteiger partial charge on any atom is 0.311 e. The highest BCUT2D eigenvalue weighted by atomic mass is 16.2. The van der Waals surface area contributed by atoms with Gasteiger partial charge in [-0.2, -0.15) is 0 Å². The molecule has 1 N–H and O–H groups in total. The zero-order valence-electron chi connectivity index (χ0n) is 11.1. The average Bonchev–Trinajstić information content (AvgIpc) is 2.48. The summed E-state index contributed by atoms with van der Waals surface area (Å²) in [6.07, 6.45) is 3.91. The summed E-state index contributed by atoms with van der Waals surface area (Å²) in [6.45, 7) is 1.93. The van der Waals surface area contributed by atoms with E-state index in [0.29, 0.717) is 19.6 Å². The second kappa shape index (κ2) is 6.92. The first-order valence-corrected chi connectivity index (χ1v) is 6.88. The Bertz CT molecular complexity index is 425. The van der Waals surface area contributed by atoms with E-state index in [9.17, 15) is 9.59 Å². The molecule has 2 rings (SSSR count). The van der Waals surface area contributed by atoms with E-state index in [1.165, 1.54) is 0 Å². The maximum atomic E-state index is 11.9. The van der Waals surface area contributed by atoms with Gasteiger partial charge in [-0.25, -0.2) is 0 Å². The quantitative estimate of drug-likeness (QED) is 0.834. The lowest BCUT2D eigenvalue weighted by atomic mass is 10.1. The lowest BCUT2D eigenvalue weighted by Crippen LogP contribution is -2.45. The second-order valence-electron chi connectivity index (χ2n) is 4.84. The van der Waals surface area contributed by atoms with Crippen molar-refractivity contribution in [2.45, 2.75) is 25.7 Å². The van der Waals surface area contributed by atoms with Crippen LogP contribution < -0.4 is 5.32 Å². The van der Waals surface area contributed by atoms with E-state index >= 15 is 0 Å². The third-order valence-electron chi connectivity index (χ3n) is 3.38. The third kappa shape index (κ3) is 4.09. The molecule has 102 valence electrons. The summed E-state index contributed by atoms with van der Waals surface area (Å²) in [4.78, 5) is 25.2. The first-order valence-electron chi connectivity index (χ1n) is 6.88. The summed E-state index contributed by atoms with van der Waals surface area (Å²) in [7, 11) is 0. The van der Waals surface area contributed by atoms with Gasteiger partial charge in [0.1, 0.15) is 0 Å². The molecule has 4 nitrogen and oxygen atoms in total. The Morgan fingerprint density at radius 3 is 2.42 bits per heavy atom. The van der Waals surface area contributed by atoms with Gasteiger partial charge in [0, 0.05) is 19.6 Å². The Morgan fingerprint density at radius 2 is 1.74 bits per heavy atom. The Labute approximate surface area is 113 Å². The van der Waals surface area contributed by atoms with Gasteiger partial charge in [-0.15, -0.1) is 0 Å². The largest absolute Gasteiger partial charge is 0.347 e. The highest BCUT2D eigenvalue weighted by molar-refractivity contribution is 6.35.